The van der Waals surface area contributed by atoms with E-state index in [0.717, 1.165) is 23.5 Å². The summed E-state index contributed by atoms with van der Waals surface area (Å²) >= 11 is 1.87. The Labute approximate surface area is 125 Å². The number of aliphatic hydroxyl groups is 1. The van der Waals surface area contributed by atoms with Gasteiger partial charge in [0, 0.05) is 6.04 Å². The highest BCUT2D eigenvalue weighted by molar-refractivity contribution is 7.99. The van der Waals surface area contributed by atoms with Gasteiger partial charge in [-0.25, -0.2) is 4.79 Å². The molecule has 0 aromatic heterocycles. The molecule has 0 saturated heterocycles. The highest BCUT2D eigenvalue weighted by Crippen LogP contribution is 2.11. The molecule has 3 N–H and O–H groups in total. The van der Waals surface area contributed by atoms with Crippen molar-refractivity contribution in [2.24, 2.45) is 0 Å². The monoisotopic (exact) mass is 296 g/mol. The van der Waals surface area contributed by atoms with E-state index >= 15 is 0 Å². The van der Waals surface area contributed by atoms with E-state index in [9.17, 15) is 9.90 Å². The zero-order chi connectivity index (χ0) is 14.8. The van der Waals surface area contributed by atoms with Crippen molar-refractivity contribution in [3.8, 4) is 0 Å². The number of aliphatic hydroxyl groups excluding tert-OH is 1. The second-order valence-corrected chi connectivity index (χ2v) is 6.04. The zero-order valence-electron chi connectivity index (χ0n) is 12.1. The summed E-state index contributed by atoms with van der Waals surface area (Å²) in [6, 6.07) is 9.00. The summed E-state index contributed by atoms with van der Waals surface area (Å²) < 4.78 is 0. The van der Waals surface area contributed by atoms with Gasteiger partial charge in [0.15, 0.2) is 0 Å². The molecule has 4 nitrogen and oxygen atoms in total. The average Bonchev–Trinajstić information content (AvgIpc) is 2.46. The van der Waals surface area contributed by atoms with Gasteiger partial charge in [0.1, 0.15) is 0 Å². The van der Waals surface area contributed by atoms with E-state index in [-0.39, 0.29) is 24.7 Å². The predicted molar refractivity (Wildman–Crippen MR) is 85.0 cm³/mol. The minimum absolute atomic E-state index is 0.114. The summed E-state index contributed by atoms with van der Waals surface area (Å²) in [5.74, 6) is 2.14. The molecule has 1 rings (SSSR count). The van der Waals surface area contributed by atoms with Crippen LogP contribution in [0.1, 0.15) is 31.9 Å². The van der Waals surface area contributed by atoms with E-state index in [0.29, 0.717) is 0 Å². The lowest BCUT2D eigenvalue weighted by Crippen LogP contribution is -2.43. The van der Waals surface area contributed by atoms with E-state index in [1.165, 1.54) is 0 Å². The minimum atomic E-state index is -0.367. The van der Waals surface area contributed by atoms with Crippen molar-refractivity contribution in [1.29, 1.82) is 0 Å². The topological polar surface area (TPSA) is 61.4 Å². The Bertz CT molecular complexity index is 387. The number of urea groups is 1. The van der Waals surface area contributed by atoms with Crippen molar-refractivity contribution in [1.82, 2.24) is 10.6 Å². The Hall–Kier alpha value is -1.20. The fourth-order valence-electron chi connectivity index (χ4n) is 1.82. The fraction of sp³-hybridized carbons (Fsp3) is 0.533. The van der Waals surface area contributed by atoms with Crippen molar-refractivity contribution >= 4 is 17.8 Å². The van der Waals surface area contributed by atoms with Crippen LogP contribution in [0.25, 0.3) is 0 Å². The number of carbonyl (C=O) groups is 1. The van der Waals surface area contributed by atoms with Crippen LogP contribution in [0.4, 0.5) is 4.79 Å². The standard InChI is InChI=1S/C15H24N2O2S/c1-3-20-10-9-12(2)16-15(19)17-14(11-18)13-7-5-4-6-8-13/h4-8,12,14,18H,3,9-11H2,1-2H3,(H2,16,17,19)/t12?,14-/m1/s1. The maximum atomic E-state index is 11.9. The molecule has 112 valence electrons. The highest BCUT2D eigenvalue weighted by atomic mass is 32.2. The van der Waals surface area contributed by atoms with Crippen LogP contribution in [0.5, 0.6) is 0 Å². The second kappa shape index (κ2) is 9.66. The lowest BCUT2D eigenvalue weighted by molar-refractivity contribution is 0.214. The molecule has 0 radical (unpaired) electrons. The van der Waals surface area contributed by atoms with Gasteiger partial charge in [-0.15, -0.1) is 0 Å². The van der Waals surface area contributed by atoms with Crippen LogP contribution < -0.4 is 10.6 Å². The molecule has 0 spiro atoms. The van der Waals surface area contributed by atoms with Crippen LogP contribution in [0.15, 0.2) is 30.3 Å². The molecule has 0 heterocycles. The Morgan fingerprint density at radius 1 is 1.30 bits per heavy atom. The summed E-state index contributed by atoms with van der Waals surface area (Å²) in [6.07, 6.45) is 0.945. The van der Waals surface area contributed by atoms with E-state index in [4.69, 9.17) is 0 Å². The molecule has 5 heteroatoms. The van der Waals surface area contributed by atoms with Gasteiger partial charge in [-0.3, -0.25) is 0 Å². The molecule has 0 bridgehead atoms. The fourth-order valence-corrected chi connectivity index (χ4v) is 2.63. The predicted octanol–water partition coefficient (Wildman–Crippen LogP) is 2.55. The van der Waals surface area contributed by atoms with Gasteiger partial charge in [-0.05, 0) is 30.4 Å². The van der Waals surface area contributed by atoms with Crippen molar-refractivity contribution in [2.45, 2.75) is 32.4 Å². The molecule has 20 heavy (non-hydrogen) atoms. The molecule has 0 saturated carbocycles. The molecule has 1 aromatic rings. The highest BCUT2D eigenvalue weighted by Gasteiger charge is 2.14. The first-order valence-corrected chi connectivity index (χ1v) is 8.13. The van der Waals surface area contributed by atoms with Crippen LogP contribution in [0.3, 0.4) is 0 Å². The van der Waals surface area contributed by atoms with Crippen molar-refractivity contribution in [3.63, 3.8) is 0 Å². The summed E-state index contributed by atoms with van der Waals surface area (Å²) in [4.78, 5) is 11.9. The van der Waals surface area contributed by atoms with Crippen LogP contribution >= 0.6 is 11.8 Å². The third-order valence-electron chi connectivity index (χ3n) is 2.97. The lowest BCUT2D eigenvalue weighted by Gasteiger charge is -2.19. The van der Waals surface area contributed by atoms with Gasteiger partial charge in [0.05, 0.1) is 12.6 Å². The van der Waals surface area contributed by atoms with Crippen molar-refractivity contribution in [3.05, 3.63) is 35.9 Å². The van der Waals surface area contributed by atoms with E-state index in [1.54, 1.807) is 0 Å². The number of amides is 2. The lowest BCUT2D eigenvalue weighted by atomic mass is 10.1. The summed E-state index contributed by atoms with van der Waals surface area (Å²) in [5.41, 5.74) is 0.902. The number of carbonyl (C=O) groups excluding carboxylic acids is 1. The number of nitrogens with one attached hydrogen (secondary N) is 2. The smallest absolute Gasteiger partial charge is 0.315 e. The van der Waals surface area contributed by atoms with Crippen LogP contribution in [0.2, 0.25) is 0 Å². The van der Waals surface area contributed by atoms with Gasteiger partial charge >= 0.3 is 6.03 Å². The maximum Gasteiger partial charge on any atom is 0.315 e. The second-order valence-electron chi connectivity index (χ2n) is 4.65. The average molecular weight is 296 g/mol. The first-order chi connectivity index (χ1) is 9.67. The van der Waals surface area contributed by atoms with Crippen molar-refractivity contribution < 1.29 is 9.90 Å². The minimum Gasteiger partial charge on any atom is -0.394 e. The Kier molecular flexibility index (Phi) is 8.14. The summed E-state index contributed by atoms with van der Waals surface area (Å²) in [7, 11) is 0. The van der Waals surface area contributed by atoms with E-state index in [2.05, 4.69) is 17.6 Å². The summed E-state index contributed by atoms with van der Waals surface area (Å²) in [5, 5.41) is 15.1. The Morgan fingerprint density at radius 2 is 2.00 bits per heavy atom. The molecule has 1 aromatic carbocycles. The van der Waals surface area contributed by atoms with E-state index < -0.39 is 0 Å². The molecule has 2 atom stereocenters. The first-order valence-electron chi connectivity index (χ1n) is 6.98. The maximum absolute atomic E-state index is 11.9. The molecule has 0 aliphatic rings. The number of hydrogen-bond donors (Lipinski definition) is 3. The SMILES string of the molecule is CCSCCC(C)NC(=O)N[C@H](CO)c1ccccc1. The number of benzene rings is 1. The van der Waals surface area contributed by atoms with Crippen LogP contribution in [-0.4, -0.2) is 35.3 Å². The number of rotatable bonds is 8. The molecule has 0 aliphatic carbocycles. The molecular formula is C15H24N2O2S. The van der Waals surface area contributed by atoms with Gasteiger partial charge in [0.2, 0.25) is 0 Å². The summed E-state index contributed by atoms with van der Waals surface area (Å²) in [6.45, 7) is 4.00. The van der Waals surface area contributed by atoms with Crippen LogP contribution in [-0.2, 0) is 0 Å². The van der Waals surface area contributed by atoms with Gasteiger partial charge in [-0.1, -0.05) is 37.3 Å². The largest absolute Gasteiger partial charge is 0.394 e. The Balaban J connectivity index is 2.40. The third-order valence-corrected chi connectivity index (χ3v) is 3.90. The molecule has 2 amide bonds. The quantitative estimate of drug-likeness (QED) is 0.646. The first kappa shape index (κ1) is 16.9. The Morgan fingerprint density at radius 3 is 2.60 bits per heavy atom. The van der Waals surface area contributed by atoms with Crippen LogP contribution in [0, 0.1) is 0 Å². The zero-order valence-corrected chi connectivity index (χ0v) is 13.0. The molecular weight excluding hydrogens is 272 g/mol. The normalized spacial score (nSPS) is 13.6. The van der Waals surface area contributed by atoms with Crippen molar-refractivity contribution in [2.75, 3.05) is 18.1 Å². The van der Waals surface area contributed by atoms with Gasteiger partial charge in [-0.2, -0.15) is 11.8 Å². The van der Waals surface area contributed by atoms with Gasteiger partial charge in [0.25, 0.3) is 0 Å². The third kappa shape index (κ3) is 6.30. The molecule has 1 unspecified atom stereocenters. The van der Waals surface area contributed by atoms with Gasteiger partial charge < -0.3 is 15.7 Å². The van der Waals surface area contributed by atoms with E-state index in [1.807, 2.05) is 49.0 Å². The molecule has 0 aliphatic heterocycles. The number of thioether (sulfide) groups is 1. The molecule has 0 fully saturated rings. The number of hydrogen-bond acceptors (Lipinski definition) is 3.